The van der Waals surface area contributed by atoms with Crippen molar-refractivity contribution in [1.82, 2.24) is 5.32 Å². The first-order valence-corrected chi connectivity index (χ1v) is 7.38. The van der Waals surface area contributed by atoms with E-state index in [1.807, 2.05) is 25.1 Å². The van der Waals surface area contributed by atoms with Gasteiger partial charge in [0.15, 0.2) is 0 Å². The maximum Gasteiger partial charge on any atom is 0.313 e. The molecule has 1 aliphatic rings. The molecule has 0 spiro atoms. The van der Waals surface area contributed by atoms with Gasteiger partial charge < -0.3 is 15.7 Å². The van der Waals surface area contributed by atoms with Gasteiger partial charge in [0.2, 0.25) is 0 Å². The summed E-state index contributed by atoms with van der Waals surface area (Å²) in [4.78, 5) is 23.8. The van der Waals surface area contributed by atoms with Crippen LogP contribution in [0.1, 0.15) is 31.2 Å². The summed E-state index contributed by atoms with van der Waals surface area (Å²) < 4.78 is 0. The normalized spacial score (nSPS) is 21.6. The summed E-state index contributed by atoms with van der Waals surface area (Å²) in [7, 11) is 0. The first-order chi connectivity index (χ1) is 10.1. The number of carbonyl (C=O) groups excluding carboxylic acids is 2. The van der Waals surface area contributed by atoms with Crippen LogP contribution in [0.5, 0.6) is 0 Å². The van der Waals surface area contributed by atoms with E-state index < -0.39 is 11.8 Å². The third-order valence-corrected chi connectivity index (χ3v) is 4.04. The van der Waals surface area contributed by atoms with Crippen molar-refractivity contribution in [2.75, 3.05) is 11.9 Å². The molecule has 5 heteroatoms. The lowest BCUT2D eigenvalue weighted by molar-refractivity contribution is -0.136. The molecule has 2 amide bonds. The predicted octanol–water partition coefficient (Wildman–Crippen LogP) is 1.60. The van der Waals surface area contributed by atoms with Gasteiger partial charge >= 0.3 is 11.8 Å². The van der Waals surface area contributed by atoms with Crippen molar-refractivity contribution in [3.8, 4) is 0 Å². The minimum Gasteiger partial charge on any atom is -0.396 e. The number of amides is 2. The molecule has 0 saturated heterocycles. The number of nitrogens with one attached hydrogen (secondary N) is 2. The fourth-order valence-corrected chi connectivity index (χ4v) is 2.63. The molecule has 0 aliphatic heterocycles. The van der Waals surface area contributed by atoms with Crippen molar-refractivity contribution >= 4 is 17.5 Å². The van der Waals surface area contributed by atoms with Crippen LogP contribution in [-0.4, -0.2) is 29.6 Å². The van der Waals surface area contributed by atoms with Crippen LogP contribution < -0.4 is 10.6 Å². The molecule has 0 aromatic heterocycles. The van der Waals surface area contributed by atoms with Gasteiger partial charge in [-0.2, -0.15) is 0 Å². The summed E-state index contributed by atoms with van der Waals surface area (Å²) in [6, 6.07) is 7.38. The van der Waals surface area contributed by atoms with E-state index in [0.717, 1.165) is 31.2 Å². The van der Waals surface area contributed by atoms with Gasteiger partial charge in [-0.05, 0) is 50.2 Å². The molecule has 0 radical (unpaired) electrons. The smallest absolute Gasteiger partial charge is 0.313 e. The van der Waals surface area contributed by atoms with Crippen molar-refractivity contribution in [2.45, 2.75) is 38.6 Å². The van der Waals surface area contributed by atoms with E-state index in [2.05, 4.69) is 10.6 Å². The van der Waals surface area contributed by atoms with Crippen LogP contribution in [0.4, 0.5) is 5.69 Å². The van der Waals surface area contributed by atoms with Crippen molar-refractivity contribution in [2.24, 2.45) is 5.92 Å². The fourth-order valence-electron chi connectivity index (χ4n) is 2.63. The Kier molecular flexibility index (Phi) is 5.33. The van der Waals surface area contributed by atoms with Crippen LogP contribution in [0.2, 0.25) is 0 Å². The standard InChI is InChI=1S/C16H22N2O3/c1-11-4-2-3-5-14(11)18-16(21)15(20)17-13-8-6-12(10-19)7-9-13/h2-5,12-13,19H,6-10H2,1H3,(H,17,20)(H,18,21). The number of carbonyl (C=O) groups is 2. The summed E-state index contributed by atoms with van der Waals surface area (Å²) in [5.74, 6) is -0.891. The van der Waals surface area contributed by atoms with Crippen LogP contribution in [0, 0.1) is 12.8 Å². The van der Waals surface area contributed by atoms with Gasteiger partial charge in [-0.25, -0.2) is 0 Å². The average molecular weight is 290 g/mol. The number of benzene rings is 1. The maximum atomic E-state index is 11.9. The van der Waals surface area contributed by atoms with E-state index in [0.29, 0.717) is 11.6 Å². The lowest BCUT2D eigenvalue weighted by Gasteiger charge is -2.27. The molecule has 5 nitrogen and oxygen atoms in total. The Balaban J connectivity index is 1.83. The van der Waals surface area contributed by atoms with Crippen LogP contribution >= 0.6 is 0 Å². The molecule has 0 unspecified atom stereocenters. The number of hydrogen-bond donors (Lipinski definition) is 3. The predicted molar refractivity (Wildman–Crippen MR) is 80.8 cm³/mol. The fraction of sp³-hybridized carbons (Fsp3) is 0.500. The molecule has 114 valence electrons. The lowest BCUT2D eigenvalue weighted by Crippen LogP contribution is -2.43. The van der Waals surface area contributed by atoms with E-state index in [1.165, 1.54) is 0 Å². The quantitative estimate of drug-likeness (QED) is 0.740. The summed E-state index contributed by atoms with van der Waals surface area (Å²) in [5, 5.41) is 14.5. The monoisotopic (exact) mass is 290 g/mol. The van der Waals surface area contributed by atoms with Crippen LogP contribution in [0.3, 0.4) is 0 Å². The van der Waals surface area contributed by atoms with Crippen molar-refractivity contribution < 1.29 is 14.7 Å². The molecule has 2 rings (SSSR count). The van der Waals surface area contributed by atoms with Gasteiger partial charge in [0.25, 0.3) is 0 Å². The van der Waals surface area contributed by atoms with Gasteiger partial charge in [0.1, 0.15) is 0 Å². The van der Waals surface area contributed by atoms with Crippen LogP contribution in [0.25, 0.3) is 0 Å². The molecule has 1 aliphatic carbocycles. The van der Waals surface area contributed by atoms with Gasteiger partial charge in [0.05, 0.1) is 0 Å². The van der Waals surface area contributed by atoms with Gasteiger partial charge in [-0.3, -0.25) is 9.59 Å². The number of para-hydroxylation sites is 1. The first-order valence-electron chi connectivity index (χ1n) is 7.38. The Bertz CT molecular complexity index is 508. The lowest BCUT2D eigenvalue weighted by atomic mass is 9.86. The van der Waals surface area contributed by atoms with Gasteiger partial charge in [-0.15, -0.1) is 0 Å². The largest absolute Gasteiger partial charge is 0.396 e. The Morgan fingerprint density at radius 1 is 1.14 bits per heavy atom. The van der Waals surface area contributed by atoms with Crippen molar-refractivity contribution in [3.05, 3.63) is 29.8 Å². The summed E-state index contributed by atoms with van der Waals surface area (Å²) in [6.45, 7) is 2.08. The Hall–Kier alpha value is -1.88. The first kappa shape index (κ1) is 15.5. The van der Waals surface area contributed by atoms with E-state index in [9.17, 15) is 9.59 Å². The van der Waals surface area contributed by atoms with E-state index in [1.54, 1.807) is 6.07 Å². The van der Waals surface area contributed by atoms with Crippen molar-refractivity contribution in [1.29, 1.82) is 0 Å². The molecular formula is C16H22N2O3. The molecule has 0 bridgehead atoms. The molecule has 0 atom stereocenters. The van der Waals surface area contributed by atoms with E-state index in [4.69, 9.17) is 5.11 Å². The highest BCUT2D eigenvalue weighted by Gasteiger charge is 2.24. The number of anilines is 1. The van der Waals surface area contributed by atoms with E-state index in [-0.39, 0.29) is 12.6 Å². The number of aliphatic hydroxyl groups excluding tert-OH is 1. The van der Waals surface area contributed by atoms with Gasteiger partial charge in [-0.1, -0.05) is 18.2 Å². The zero-order chi connectivity index (χ0) is 15.2. The molecule has 1 fully saturated rings. The molecule has 3 N–H and O–H groups in total. The highest BCUT2D eigenvalue weighted by Crippen LogP contribution is 2.23. The average Bonchev–Trinajstić information content (AvgIpc) is 2.50. The highest BCUT2D eigenvalue weighted by molar-refractivity contribution is 6.39. The summed E-state index contributed by atoms with van der Waals surface area (Å²) in [6.07, 6.45) is 3.41. The summed E-state index contributed by atoms with van der Waals surface area (Å²) >= 11 is 0. The summed E-state index contributed by atoms with van der Waals surface area (Å²) in [5.41, 5.74) is 1.57. The Morgan fingerprint density at radius 2 is 1.81 bits per heavy atom. The Morgan fingerprint density at radius 3 is 2.43 bits per heavy atom. The SMILES string of the molecule is Cc1ccccc1NC(=O)C(=O)NC1CCC(CO)CC1. The molecular weight excluding hydrogens is 268 g/mol. The minimum atomic E-state index is -0.631. The molecule has 1 aromatic rings. The zero-order valence-corrected chi connectivity index (χ0v) is 12.3. The molecule has 21 heavy (non-hydrogen) atoms. The second-order valence-electron chi connectivity index (χ2n) is 5.64. The number of aliphatic hydroxyl groups is 1. The maximum absolute atomic E-state index is 11.9. The molecule has 1 saturated carbocycles. The topological polar surface area (TPSA) is 78.4 Å². The second kappa shape index (κ2) is 7.22. The Labute approximate surface area is 124 Å². The van der Waals surface area contributed by atoms with Gasteiger partial charge in [0, 0.05) is 18.3 Å². The van der Waals surface area contributed by atoms with Crippen molar-refractivity contribution in [3.63, 3.8) is 0 Å². The third-order valence-electron chi connectivity index (χ3n) is 4.04. The van der Waals surface area contributed by atoms with E-state index >= 15 is 0 Å². The van der Waals surface area contributed by atoms with Crippen LogP contribution in [0.15, 0.2) is 24.3 Å². The molecule has 1 aromatic carbocycles. The number of aryl methyl sites for hydroxylation is 1. The number of hydrogen-bond acceptors (Lipinski definition) is 3. The second-order valence-corrected chi connectivity index (χ2v) is 5.64. The molecule has 0 heterocycles. The zero-order valence-electron chi connectivity index (χ0n) is 12.3. The minimum absolute atomic E-state index is 0.0305. The van der Waals surface area contributed by atoms with Crippen LogP contribution in [-0.2, 0) is 9.59 Å². The number of rotatable bonds is 3. The highest BCUT2D eigenvalue weighted by atomic mass is 16.3. The third kappa shape index (κ3) is 4.29.